The Labute approximate surface area is 187 Å². The van der Waals surface area contributed by atoms with Crippen molar-refractivity contribution in [2.45, 2.75) is 6.92 Å². The van der Waals surface area contributed by atoms with E-state index in [0.717, 1.165) is 11.1 Å². The highest BCUT2D eigenvalue weighted by Gasteiger charge is 2.18. The fraction of sp³-hybridized carbons (Fsp3) is 0.0455. The van der Waals surface area contributed by atoms with Crippen molar-refractivity contribution >= 4 is 45.6 Å². The predicted molar refractivity (Wildman–Crippen MR) is 122 cm³/mol. The first-order valence-corrected chi connectivity index (χ1v) is 10.4. The number of benzene rings is 2. The van der Waals surface area contributed by atoms with Crippen molar-refractivity contribution in [2.24, 2.45) is 0 Å². The van der Waals surface area contributed by atoms with E-state index in [0.29, 0.717) is 32.0 Å². The number of aromatic nitrogens is 3. The van der Waals surface area contributed by atoms with E-state index in [1.54, 1.807) is 36.4 Å². The van der Waals surface area contributed by atoms with Crippen molar-refractivity contribution in [2.75, 3.05) is 10.6 Å². The second-order valence-electron chi connectivity index (χ2n) is 6.56. The topological polar surface area (TPSA) is 96.9 Å². The Morgan fingerprint density at radius 2 is 1.71 bits per heavy atom. The molecule has 2 N–H and O–H groups in total. The molecule has 0 unspecified atom stereocenters. The molecule has 2 aromatic carbocycles. The van der Waals surface area contributed by atoms with Gasteiger partial charge in [0.1, 0.15) is 5.01 Å². The largest absolute Gasteiger partial charge is 0.321 e. The Hall–Kier alpha value is -3.62. The van der Waals surface area contributed by atoms with E-state index >= 15 is 0 Å². The highest BCUT2D eigenvalue weighted by atomic mass is 35.5. The molecule has 2 amide bonds. The van der Waals surface area contributed by atoms with Crippen LogP contribution in [0.15, 0.2) is 67.0 Å². The molecule has 154 valence electrons. The summed E-state index contributed by atoms with van der Waals surface area (Å²) in [6, 6.07) is 15.7. The van der Waals surface area contributed by atoms with Gasteiger partial charge in [-0.2, -0.15) is 0 Å². The van der Waals surface area contributed by atoms with Crippen LogP contribution in [-0.2, 0) is 0 Å². The predicted octanol–water partition coefficient (Wildman–Crippen LogP) is 5.07. The number of hydrogen-bond donors (Lipinski definition) is 2. The summed E-state index contributed by atoms with van der Waals surface area (Å²) in [6.45, 7) is 1.82. The molecule has 31 heavy (non-hydrogen) atoms. The van der Waals surface area contributed by atoms with Crippen LogP contribution in [0.25, 0.3) is 10.6 Å². The van der Waals surface area contributed by atoms with Gasteiger partial charge in [0.05, 0.1) is 11.3 Å². The molecule has 0 saturated heterocycles. The van der Waals surface area contributed by atoms with E-state index in [-0.39, 0.29) is 5.91 Å². The van der Waals surface area contributed by atoms with Gasteiger partial charge in [-0.3, -0.25) is 19.9 Å². The van der Waals surface area contributed by atoms with Crippen molar-refractivity contribution in [1.29, 1.82) is 0 Å². The van der Waals surface area contributed by atoms with Crippen LogP contribution in [0.2, 0.25) is 5.02 Å². The molecule has 0 saturated carbocycles. The Morgan fingerprint density at radius 1 is 0.935 bits per heavy atom. The zero-order chi connectivity index (χ0) is 21.8. The van der Waals surface area contributed by atoms with E-state index in [2.05, 4.69) is 25.8 Å². The van der Waals surface area contributed by atoms with Gasteiger partial charge in [-0.25, -0.2) is 0 Å². The number of anilines is 2. The first-order valence-electron chi connectivity index (χ1n) is 9.23. The smallest absolute Gasteiger partial charge is 0.259 e. The fourth-order valence-corrected chi connectivity index (χ4v) is 3.81. The molecular weight excluding hydrogens is 434 g/mol. The van der Waals surface area contributed by atoms with Crippen LogP contribution in [0.5, 0.6) is 0 Å². The summed E-state index contributed by atoms with van der Waals surface area (Å²) in [7, 11) is 0. The van der Waals surface area contributed by atoms with Crippen LogP contribution < -0.4 is 10.6 Å². The van der Waals surface area contributed by atoms with Crippen LogP contribution in [0, 0.1) is 6.92 Å². The molecule has 9 heteroatoms. The number of halogens is 1. The third-order valence-electron chi connectivity index (χ3n) is 4.42. The molecular formula is C22H16ClN5O2S. The van der Waals surface area contributed by atoms with Crippen molar-refractivity contribution in [3.63, 3.8) is 0 Å². The second-order valence-corrected chi connectivity index (χ2v) is 7.98. The van der Waals surface area contributed by atoms with Gasteiger partial charge in [0, 0.05) is 28.5 Å². The van der Waals surface area contributed by atoms with Gasteiger partial charge < -0.3 is 5.32 Å². The number of carbonyl (C=O) groups excluding carboxylic acids is 2. The quantitative estimate of drug-likeness (QED) is 0.443. The molecule has 4 rings (SSSR count). The first-order chi connectivity index (χ1) is 15.0. The SMILES string of the molecule is Cc1cccc(C(=O)Nc2nnc(-c3cccc(Cl)c3)s2)c1NC(=O)c1ccncc1. The van der Waals surface area contributed by atoms with Crippen LogP contribution in [0.4, 0.5) is 10.8 Å². The molecule has 0 aliphatic rings. The molecule has 4 aromatic rings. The molecule has 0 atom stereocenters. The summed E-state index contributed by atoms with van der Waals surface area (Å²) in [5.41, 5.74) is 2.77. The maximum absolute atomic E-state index is 13.0. The van der Waals surface area contributed by atoms with Gasteiger partial charge >= 0.3 is 0 Å². The van der Waals surface area contributed by atoms with Gasteiger partial charge in [-0.1, -0.05) is 47.2 Å². The van der Waals surface area contributed by atoms with E-state index in [9.17, 15) is 9.59 Å². The monoisotopic (exact) mass is 449 g/mol. The zero-order valence-electron chi connectivity index (χ0n) is 16.3. The molecule has 0 bridgehead atoms. The maximum Gasteiger partial charge on any atom is 0.259 e. The molecule has 2 heterocycles. The fourth-order valence-electron chi connectivity index (χ4n) is 2.89. The molecule has 0 aliphatic carbocycles. The summed E-state index contributed by atoms with van der Waals surface area (Å²) in [5, 5.41) is 15.3. The lowest BCUT2D eigenvalue weighted by Crippen LogP contribution is -2.19. The van der Waals surface area contributed by atoms with Gasteiger partial charge in [-0.05, 0) is 42.8 Å². The lowest BCUT2D eigenvalue weighted by atomic mass is 10.1. The van der Waals surface area contributed by atoms with Crippen LogP contribution in [0.1, 0.15) is 26.3 Å². The van der Waals surface area contributed by atoms with E-state index in [1.165, 1.54) is 23.7 Å². The number of hydrogen-bond acceptors (Lipinski definition) is 6. The second kappa shape index (κ2) is 9.03. The third kappa shape index (κ3) is 4.76. The lowest BCUT2D eigenvalue weighted by molar-refractivity contribution is 0.102. The van der Waals surface area contributed by atoms with Gasteiger partial charge in [0.2, 0.25) is 5.13 Å². The van der Waals surface area contributed by atoms with E-state index in [1.807, 2.05) is 25.1 Å². The average Bonchev–Trinajstić information content (AvgIpc) is 3.24. The number of nitrogens with one attached hydrogen (secondary N) is 2. The highest BCUT2D eigenvalue weighted by Crippen LogP contribution is 2.29. The van der Waals surface area contributed by atoms with Crippen LogP contribution in [0.3, 0.4) is 0 Å². The molecule has 0 aliphatic heterocycles. The third-order valence-corrected chi connectivity index (χ3v) is 5.54. The number of para-hydroxylation sites is 1. The summed E-state index contributed by atoms with van der Waals surface area (Å²) in [5.74, 6) is -0.729. The van der Waals surface area contributed by atoms with Crippen LogP contribution in [-0.4, -0.2) is 27.0 Å². The molecule has 7 nitrogen and oxygen atoms in total. The number of carbonyl (C=O) groups is 2. The molecule has 2 aromatic heterocycles. The highest BCUT2D eigenvalue weighted by molar-refractivity contribution is 7.18. The zero-order valence-corrected chi connectivity index (χ0v) is 17.9. The van der Waals surface area contributed by atoms with Crippen molar-refractivity contribution in [3.05, 3.63) is 88.7 Å². The standard InChI is InChI=1S/C22H16ClN5O2S/c1-13-4-2-7-17(18(13)25-19(29)14-8-10-24-11-9-14)20(30)26-22-28-27-21(31-22)15-5-3-6-16(23)12-15/h2-12H,1H3,(H,25,29)(H,26,28,30). The van der Waals surface area contributed by atoms with Gasteiger partial charge in [0.15, 0.2) is 0 Å². The number of amides is 2. The molecule has 0 spiro atoms. The number of nitrogens with zero attached hydrogens (tertiary/aromatic N) is 3. The Balaban J connectivity index is 1.56. The van der Waals surface area contributed by atoms with Crippen molar-refractivity contribution in [3.8, 4) is 10.6 Å². The summed E-state index contributed by atoms with van der Waals surface area (Å²) in [4.78, 5) is 29.4. The minimum atomic E-state index is -0.400. The Bertz CT molecular complexity index is 1260. The number of aryl methyl sites for hydroxylation is 1. The molecule has 0 radical (unpaired) electrons. The summed E-state index contributed by atoms with van der Waals surface area (Å²) in [6.07, 6.45) is 3.07. The van der Waals surface area contributed by atoms with Crippen molar-refractivity contribution < 1.29 is 9.59 Å². The van der Waals surface area contributed by atoms with Crippen molar-refractivity contribution in [1.82, 2.24) is 15.2 Å². The average molecular weight is 450 g/mol. The number of pyridine rings is 1. The maximum atomic E-state index is 13.0. The molecule has 0 fully saturated rings. The minimum absolute atomic E-state index is 0.321. The normalized spacial score (nSPS) is 10.5. The van der Waals surface area contributed by atoms with Gasteiger partial charge in [0.25, 0.3) is 11.8 Å². The van der Waals surface area contributed by atoms with E-state index in [4.69, 9.17) is 11.6 Å². The first kappa shape index (κ1) is 20.6. The number of rotatable bonds is 5. The minimum Gasteiger partial charge on any atom is -0.321 e. The van der Waals surface area contributed by atoms with Gasteiger partial charge in [-0.15, -0.1) is 10.2 Å². The summed E-state index contributed by atoms with van der Waals surface area (Å²) >= 11 is 7.26. The summed E-state index contributed by atoms with van der Waals surface area (Å²) < 4.78 is 0. The van der Waals surface area contributed by atoms with E-state index < -0.39 is 5.91 Å². The lowest BCUT2D eigenvalue weighted by Gasteiger charge is -2.13. The van der Waals surface area contributed by atoms with Crippen LogP contribution >= 0.6 is 22.9 Å². The Morgan fingerprint density at radius 3 is 2.48 bits per heavy atom. The Kier molecular flexibility index (Phi) is 6.01.